The molecule has 0 bridgehead atoms. The highest BCUT2D eigenvalue weighted by molar-refractivity contribution is 6.29. The number of fused-ring (bicyclic) bond motifs is 1. The molecule has 0 saturated heterocycles. The number of hydrogen-bond donors (Lipinski definition) is 1. The maximum atomic E-state index is 6.10. The summed E-state index contributed by atoms with van der Waals surface area (Å²) >= 11 is 5.85. The highest BCUT2D eigenvalue weighted by Crippen LogP contribution is 2.28. The van der Waals surface area contributed by atoms with Gasteiger partial charge in [-0.3, -0.25) is 4.68 Å². The summed E-state index contributed by atoms with van der Waals surface area (Å²) in [6.45, 7) is 2.06. The Labute approximate surface area is 168 Å². The molecule has 0 aliphatic heterocycles. The fourth-order valence-electron chi connectivity index (χ4n) is 3.10. The molecule has 28 heavy (non-hydrogen) atoms. The van der Waals surface area contributed by atoms with Crippen LogP contribution in [-0.2, 0) is 13.5 Å². The van der Waals surface area contributed by atoms with E-state index in [1.54, 1.807) is 23.1 Å². The number of aromatic nitrogens is 4. The van der Waals surface area contributed by atoms with E-state index in [0.29, 0.717) is 5.15 Å². The highest BCUT2D eigenvalue weighted by Gasteiger charge is 2.09. The average Bonchev–Trinajstić information content (AvgIpc) is 3.08. The second-order valence-corrected chi connectivity index (χ2v) is 7.08. The minimum absolute atomic E-state index is 0.0428. The maximum absolute atomic E-state index is 6.10. The average molecular weight is 394 g/mol. The van der Waals surface area contributed by atoms with Gasteiger partial charge in [0.2, 0.25) is 0 Å². The number of nitrogens with one attached hydrogen (secondary N) is 1. The molecule has 4 aromatic rings. The molecular formula is C21H20ClN5O. The van der Waals surface area contributed by atoms with Crippen molar-refractivity contribution < 1.29 is 4.74 Å². The van der Waals surface area contributed by atoms with Crippen LogP contribution in [0.5, 0.6) is 5.75 Å². The van der Waals surface area contributed by atoms with E-state index in [1.165, 1.54) is 0 Å². The van der Waals surface area contributed by atoms with Crippen LogP contribution in [0.4, 0.5) is 11.5 Å². The van der Waals surface area contributed by atoms with Gasteiger partial charge in [-0.2, -0.15) is 5.10 Å². The molecule has 0 radical (unpaired) electrons. The third-order valence-corrected chi connectivity index (χ3v) is 4.57. The molecular weight excluding hydrogens is 374 g/mol. The second-order valence-electron chi connectivity index (χ2n) is 6.69. The van der Waals surface area contributed by atoms with Crippen LogP contribution in [0.3, 0.4) is 0 Å². The van der Waals surface area contributed by atoms with Gasteiger partial charge in [0, 0.05) is 31.2 Å². The van der Waals surface area contributed by atoms with Crippen molar-refractivity contribution in [2.24, 2.45) is 7.05 Å². The third kappa shape index (κ3) is 4.23. The van der Waals surface area contributed by atoms with Gasteiger partial charge in [-0.05, 0) is 54.3 Å². The number of rotatable bonds is 6. The van der Waals surface area contributed by atoms with Crippen molar-refractivity contribution >= 4 is 33.9 Å². The summed E-state index contributed by atoms with van der Waals surface area (Å²) in [6.07, 6.45) is 8.18. The highest BCUT2D eigenvalue weighted by atomic mass is 35.5. The van der Waals surface area contributed by atoms with Crippen molar-refractivity contribution in [1.82, 2.24) is 19.7 Å². The van der Waals surface area contributed by atoms with Crippen LogP contribution in [0.2, 0.25) is 5.15 Å². The van der Waals surface area contributed by atoms with E-state index >= 15 is 0 Å². The van der Waals surface area contributed by atoms with Gasteiger partial charge in [-0.25, -0.2) is 9.97 Å². The minimum atomic E-state index is 0.0428. The van der Waals surface area contributed by atoms with Crippen LogP contribution >= 0.6 is 11.6 Å². The minimum Gasteiger partial charge on any atom is -0.490 e. The van der Waals surface area contributed by atoms with E-state index in [4.69, 9.17) is 16.3 Å². The zero-order chi connectivity index (χ0) is 19.5. The Morgan fingerprint density at radius 1 is 1.14 bits per heavy atom. The van der Waals surface area contributed by atoms with Gasteiger partial charge < -0.3 is 10.1 Å². The molecule has 3 aromatic heterocycles. The molecule has 0 aliphatic carbocycles. The third-order valence-electron chi connectivity index (χ3n) is 4.34. The van der Waals surface area contributed by atoms with Crippen molar-refractivity contribution in [1.29, 1.82) is 0 Å². The molecule has 7 heteroatoms. The first kappa shape index (κ1) is 18.3. The zero-order valence-electron chi connectivity index (χ0n) is 15.6. The van der Waals surface area contributed by atoms with Crippen LogP contribution in [0.25, 0.3) is 10.8 Å². The number of nitrogens with zero attached hydrogens (tertiary/aromatic N) is 4. The van der Waals surface area contributed by atoms with Gasteiger partial charge >= 0.3 is 0 Å². The number of hydrogen-bond acceptors (Lipinski definition) is 5. The first-order chi connectivity index (χ1) is 13.6. The lowest BCUT2D eigenvalue weighted by atomic mass is 10.1. The molecule has 0 fully saturated rings. The molecule has 1 aromatic carbocycles. The standard InChI is InChI=1S/C21H20ClN5O/c1-14(9-15-11-25-27(2)13-15)28-18-4-5-19-16(10-18)7-8-23-21(19)26-17-3-6-20(22)24-12-17/h3-8,10-14H,9H2,1-2H3,(H,23,26). The quantitative estimate of drug-likeness (QED) is 0.478. The number of pyridine rings is 2. The lowest BCUT2D eigenvalue weighted by Crippen LogP contribution is -2.14. The van der Waals surface area contributed by atoms with Crippen LogP contribution in [0.15, 0.2) is 61.2 Å². The van der Waals surface area contributed by atoms with Crippen molar-refractivity contribution in [3.8, 4) is 5.75 Å². The van der Waals surface area contributed by atoms with Gasteiger partial charge in [-0.15, -0.1) is 0 Å². The predicted octanol–water partition coefficient (Wildman–Crippen LogP) is 4.77. The lowest BCUT2D eigenvalue weighted by molar-refractivity contribution is 0.222. The molecule has 1 unspecified atom stereocenters. The van der Waals surface area contributed by atoms with Gasteiger partial charge in [0.15, 0.2) is 0 Å². The van der Waals surface area contributed by atoms with E-state index in [0.717, 1.165) is 40.0 Å². The Balaban J connectivity index is 1.51. The normalized spacial score (nSPS) is 12.1. The smallest absolute Gasteiger partial charge is 0.138 e. The molecule has 6 nitrogen and oxygen atoms in total. The van der Waals surface area contributed by atoms with Crippen molar-refractivity contribution in [3.05, 3.63) is 71.9 Å². The monoisotopic (exact) mass is 393 g/mol. The molecule has 0 spiro atoms. The Hall–Kier alpha value is -3.12. The van der Waals surface area contributed by atoms with E-state index < -0.39 is 0 Å². The topological polar surface area (TPSA) is 64.9 Å². The van der Waals surface area contributed by atoms with E-state index in [2.05, 4.69) is 27.3 Å². The van der Waals surface area contributed by atoms with E-state index in [-0.39, 0.29) is 6.10 Å². The molecule has 0 aliphatic rings. The van der Waals surface area contributed by atoms with Crippen LogP contribution < -0.4 is 10.1 Å². The molecule has 0 saturated carbocycles. The first-order valence-electron chi connectivity index (χ1n) is 8.98. The molecule has 142 valence electrons. The SMILES string of the molecule is CC(Cc1cnn(C)c1)Oc1ccc2c(Nc3ccc(Cl)nc3)nccc2c1. The summed E-state index contributed by atoms with van der Waals surface area (Å²) in [7, 11) is 1.91. The Kier molecular flexibility index (Phi) is 5.12. The number of halogens is 1. The van der Waals surface area contributed by atoms with Gasteiger partial charge in [0.1, 0.15) is 22.8 Å². The lowest BCUT2D eigenvalue weighted by Gasteiger charge is -2.15. The second kappa shape index (κ2) is 7.86. The maximum Gasteiger partial charge on any atom is 0.138 e. The molecule has 1 atom stereocenters. The number of benzene rings is 1. The zero-order valence-corrected chi connectivity index (χ0v) is 16.4. The summed E-state index contributed by atoms with van der Waals surface area (Å²) in [5.41, 5.74) is 1.98. The van der Waals surface area contributed by atoms with E-state index in [9.17, 15) is 0 Å². The summed E-state index contributed by atoms with van der Waals surface area (Å²) < 4.78 is 7.91. The Morgan fingerprint density at radius 3 is 2.79 bits per heavy atom. The Morgan fingerprint density at radius 2 is 2.04 bits per heavy atom. The van der Waals surface area contributed by atoms with Crippen LogP contribution in [-0.4, -0.2) is 25.9 Å². The summed E-state index contributed by atoms with van der Waals surface area (Å²) in [4.78, 5) is 8.54. The number of anilines is 2. The van der Waals surface area contributed by atoms with Crippen LogP contribution in [0, 0.1) is 0 Å². The Bertz CT molecular complexity index is 1090. The predicted molar refractivity (Wildman–Crippen MR) is 111 cm³/mol. The fraction of sp³-hybridized carbons (Fsp3) is 0.190. The summed E-state index contributed by atoms with van der Waals surface area (Å²) in [6, 6.07) is 11.6. The van der Waals surface area contributed by atoms with Crippen LogP contribution in [0.1, 0.15) is 12.5 Å². The van der Waals surface area contributed by atoms with Gasteiger partial charge in [0.05, 0.1) is 18.1 Å². The molecule has 4 rings (SSSR count). The largest absolute Gasteiger partial charge is 0.490 e. The molecule has 3 heterocycles. The summed E-state index contributed by atoms with van der Waals surface area (Å²) in [5, 5.41) is 10.00. The van der Waals surface area contributed by atoms with Crippen molar-refractivity contribution in [2.75, 3.05) is 5.32 Å². The number of aryl methyl sites for hydroxylation is 1. The molecule has 1 N–H and O–H groups in total. The molecule has 0 amide bonds. The van der Waals surface area contributed by atoms with E-state index in [1.807, 2.05) is 49.8 Å². The number of ether oxygens (including phenoxy) is 1. The fourth-order valence-corrected chi connectivity index (χ4v) is 3.21. The van der Waals surface area contributed by atoms with Crippen molar-refractivity contribution in [3.63, 3.8) is 0 Å². The van der Waals surface area contributed by atoms with Gasteiger partial charge in [-0.1, -0.05) is 11.6 Å². The van der Waals surface area contributed by atoms with Crippen molar-refractivity contribution in [2.45, 2.75) is 19.4 Å². The first-order valence-corrected chi connectivity index (χ1v) is 9.36. The summed E-state index contributed by atoms with van der Waals surface area (Å²) in [5.74, 6) is 1.59. The van der Waals surface area contributed by atoms with Gasteiger partial charge in [0.25, 0.3) is 0 Å².